The molecule has 0 fully saturated rings. The maximum absolute atomic E-state index is 12.9. The van der Waals surface area contributed by atoms with E-state index in [0.717, 1.165) is 11.3 Å². The van der Waals surface area contributed by atoms with E-state index >= 15 is 0 Å². The Morgan fingerprint density at radius 3 is 2.46 bits per heavy atom. The molecular weight excluding hydrogens is 360 g/mol. The van der Waals surface area contributed by atoms with Crippen LogP contribution in [0.2, 0.25) is 0 Å². The summed E-state index contributed by atoms with van der Waals surface area (Å²) in [6, 6.07) is 12.9. The van der Waals surface area contributed by atoms with Crippen molar-refractivity contribution in [2.45, 2.75) is 13.5 Å². The third-order valence-electron chi connectivity index (χ3n) is 4.19. The second-order valence-corrected chi connectivity index (χ2v) is 6.09. The van der Waals surface area contributed by atoms with Gasteiger partial charge in [0.25, 0.3) is 5.91 Å². The molecule has 0 aliphatic heterocycles. The van der Waals surface area contributed by atoms with Gasteiger partial charge in [0, 0.05) is 13.2 Å². The maximum Gasteiger partial charge on any atom is 0.278 e. The second kappa shape index (κ2) is 8.53. The first-order chi connectivity index (χ1) is 13.6. The molecule has 1 N–H and O–H groups in total. The molecule has 0 aliphatic rings. The van der Waals surface area contributed by atoms with E-state index in [-0.39, 0.29) is 12.3 Å². The highest BCUT2D eigenvalue weighted by atomic mass is 16.5. The minimum Gasteiger partial charge on any atom is -0.497 e. The lowest BCUT2D eigenvalue weighted by atomic mass is 10.2. The van der Waals surface area contributed by atoms with Gasteiger partial charge in [0.05, 0.1) is 32.2 Å². The SMILES string of the molecule is COCc1c(C(=O)Nc2ccc(OC)cc2OC)nnn1-c1ccc(C)cc1. The molecule has 8 nitrogen and oxygen atoms in total. The Labute approximate surface area is 163 Å². The molecule has 0 radical (unpaired) electrons. The Bertz CT molecular complexity index is 967. The zero-order valence-electron chi connectivity index (χ0n) is 16.2. The standard InChI is InChI=1S/C20H22N4O4/c1-13-5-7-14(8-6-13)24-17(12-26-2)19(22-23-24)20(25)21-16-10-9-15(27-3)11-18(16)28-4/h5-11H,12H2,1-4H3,(H,21,25). The van der Waals surface area contributed by atoms with Gasteiger partial charge in [0.15, 0.2) is 5.69 Å². The van der Waals surface area contributed by atoms with Crippen molar-refractivity contribution in [1.82, 2.24) is 15.0 Å². The van der Waals surface area contributed by atoms with Gasteiger partial charge in [-0.25, -0.2) is 4.68 Å². The summed E-state index contributed by atoms with van der Waals surface area (Å²) in [4.78, 5) is 12.9. The van der Waals surface area contributed by atoms with Crippen molar-refractivity contribution < 1.29 is 19.0 Å². The number of methoxy groups -OCH3 is 3. The quantitative estimate of drug-likeness (QED) is 0.676. The maximum atomic E-state index is 12.9. The molecule has 1 amide bonds. The van der Waals surface area contributed by atoms with Gasteiger partial charge in [0.1, 0.15) is 17.2 Å². The summed E-state index contributed by atoms with van der Waals surface area (Å²) in [6.07, 6.45) is 0. The number of hydrogen-bond acceptors (Lipinski definition) is 6. The molecule has 146 valence electrons. The first-order valence-corrected chi connectivity index (χ1v) is 8.61. The number of hydrogen-bond donors (Lipinski definition) is 1. The predicted molar refractivity (Wildman–Crippen MR) is 104 cm³/mol. The van der Waals surface area contributed by atoms with Crippen LogP contribution in [0.1, 0.15) is 21.7 Å². The Kier molecular flexibility index (Phi) is 5.90. The van der Waals surface area contributed by atoms with Gasteiger partial charge in [-0.15, -0.1) is 5.10 Å². The molecule has 1 aromatic heterocycles. The first-order valence-electron chi connectivity index (χ1n) is 8.61. The monoisotopic (exact) mass is 382 g/mol. The van der Waals surface area contributed by atoms with Crippen LogP contribution in [0.25, 0.3) is 5.69 Å². The van der Waals surface area contributed by atoms with Crippen LogP contribution in [-0.4, -0.2) is 42.2 Å². The average Bonchev–Trinajstić information content (AvgIpc) is 3.13. The van der Waals surface area contributed by atoms with Gasteiger partial charge in [-0.2, -0.15) is 0 Å². The fraction of sp³-hybridized carbons (Fsp3) is 0.250. The van der Waals surface area contributed by atoms with Crippen LogP contribution >= 0.6 is 0 Å². The van der Waals surface area contributed by atoms with Crippen molar-refractivity contribution in [2.24, 2.45) is 0 Å². The number of amides is 1. The van der Waals surface area contributed by atoms with Crippen LogP contribution < -0.4 is 14.8 Å². The molecule has 0 bridgehead atoms. The number of anilines is 1. The molecule has 8 heteroatoms. The van der Waals surface area contributed by atoms with Gasteiger partial charge in [-0.3, -0.25) is 4.79 Å². The molecule has 0 aliphatic carbocycles. The van der Waals surface area contributed by atoms with Gasteiger partial charge in [-0.05, 0) is 31.2 Å². The number of rotatable bonds is 7. The van der Waals surface area contributed by atoms with Crippen LogP contribution in [0.15, 0.2) is 42.5 Å². The summed E-state index contributed by atoms with van der Waals surface area (Å²) in [5.74, 6) is 0.695. The predicted octanol–water partition coefficient (Wildman–Crippen LogP) is 2.99. The van der Waals surface area contributed by atoms with Crippen molar-refractivity contribution in [1.29, 1.82) is 0 Å². The molecule has 0 atom stereocenters. The summed E-state index contributed by atoms with van der Waals surface area (Å²) in [5, 5.41) is 11.0. The summed E-state index contributed by atoms with van der Waals surface area (Å²) < 4.78 is 17.4. The average molecular weight is 382 g/mol. The molecule has 3 aromatic rings. The third kappa shape index (κ3) is 3.96. The number of ether oxygens (including phenoxy) is 3. The largest absolute Gasteiger partial charge is 0.497 e. The number of carbonyl (C=O) groups is 1. The normalized spacial score (nSPS) is 10.6. The van der Waals surface area contributed by atoms with E-state index in [1.54, 1.807) is 37.1 Å². The summed E-state index contributed by atoms with van der Waals surface area (Å²) in [5.41, 5.74) is 3.16. The third-order valence-corrected chi connectivity index (χ3v) is 4.19. The lowest BCUT2D eigenvalue weighted by Gasteiger charge is -2.12. The highest BCUT2D eigenvalue weighted by Crippen LogP contribution is 2.29. The van der Waals surface area contributed by atoms with Crippen LogP contribution in [0.4, 0.5) is 5.69 Å². The Balaban J connectivity index is 1.93. The van der Waals surface area contributed by atoms with E-state index in [9.17, 15) is 4.79 Å². The highest BCUT2D eigenvalue weighted by molar-refractivity contribution is 6.04. The summed E-state index contributed by atoms with van der Waals surface area (Å²) in [7, 11) is 4.64. The van der Waals surface area contributed by atoms with Crippen molar-refractivity contribution in [2.75, 3.05) is 26.6 Å². The molecule has 0 saturated heterocycles. The minimum absolute atomic E-state index is 0.181. The van der Waals surface area contributed by atoms with E-state index < -0.39 is 5.91 Å². The van der Waals surface area contributed by atoms with Crippen LogP contribution in [-0.2, 0) is 11.3 Å². The van der Waals surface area contributed by atoms with Crippen LogP contribution in [0, 0.1) is 6.92 Å². The lowest BCUT2D eigenvalue weighted by Crippen LogP contribution is -2.16. The summed E-state index contributed by atoms with van der Waals surface area (Å²) >= 11 is 0. The van der Waals surface area contributed by atoms with Crippen molar-refractivity contribution in [3.8, 4) is 17.2 Å². The fourth-order valence-corrected chi connectivity index (χ4v) is 2.72. The zero-order chi connectivity index (χ0) is 20.1. The molecule has 0 saturated carbocycles. The molecule has 2 aromatic carbocycles. The molecular formula is C20H22N4O4. The molecule has 28 heavy (non-hydrogen) atoms. The van der Waals surface area contributed by atoms with E-state index in [2.05, 4.69) is 15.6 Å². The fourth-order valence-electron chi connectivity index (χ4n) is 2.72. The number of benzene rings is 2. The number of aromatic nitrogens is 3. The molecule has 3 rings (SSSR count). The van der Waals surface area contributed by atoms with Gasteiger partial charge >= 0.3 is 0 Å². The lowest BCUT2D eigenvalue weighted by molar-refractivity contribution is 0.101. The summed E-state index contributed by atoms with van der Waals surface area (Å²) in [6.45, 7) is 2.19. The van der Waals surface area contributed by atoms with Crippen molar-refractivity contribution in [3.63, 3.8) is 0 Å². The van der Waals surface area contributed by atoms with Gasteiger partial charge in [-0.1, -0.05) is 22.9 Å². The van der Waals surface area contributed by atoms with Crippen LogP contribution in [0.5, 0.6) is 11.5 Å². The van der Waals surface area contributed by atoms with E-state index in [0.29, 0.717) is 22.9 Å². The van der Waals surface area contributed by atoms with Crippen molar-refractivity contribution in [3.05, 3.63) is 59.4 Å². The number of nitrogens with one attached hydrogen (secondary N) is 1. The van der Waals surface area contributed by atoms with Crippen molar-refractivity contribution >= 4 is 11.6 Å². The number of nitrogens with zero attached hydrogens (tertiary/aromatic N) is 3. The Hall–Kier alpha value is -3.39. The van der Waals surface area contributed by atoms with Gasteiger partial charge in [0.2, 0.25) is 0 Å². The number of aryl methyl sites for hydroxylation is 1. The van der Waals surface area contributed by atoms with E-state index in [4.69, 9.17) is 14.2 Å². The Morgan fingerprint density at radius 1 is 1.07 bits per heavy atom. The highest BCUT2D eigenvalue weighted by Gasteiger charge is 2.22. The minimum atomic E-state index is -0.408. The zero-order valence-corrected chi connectivity index (χ0v) is 16.2. The molecule has 0 unspecified atom stereocenters. The van der Waals surface area contributed by atoms with E-state index in [1.807, 2.05) is 31.2 Å². The Morgan fingerprint density at radius 2 is 1.82 bits per heavy atom. The number of carbonyl (C=O) groups excluding carboxylic acids is 1. The second-order valence-electron chi connectivity index (χ2n) is 6.09. The van der Waals surface area contributed by atoms with E-state index in [1.165, 1.54) is 7.11 Å². The van der Waals surface area contributed by atoms with Crippen LogP contribution in [0.3, 0.4) is 0 Å². The topological polar surface area (TPSA) is 87.5 Å². The first kappa shape index (κ1) is 19.4. The van der Waals surface area contributed by atoms with Gasteiger partial charge < -0.3 is 19.5 Å². The smallest absolute Gasteiger partial charge is 0.278 e. The molecule has 1 heterocycles. The molecule has 0 spiro atoms.